The van der Waals surface area contributed by atoms with Gasteiger partial charge in [-0.25, -0.2) is 9.59 Å². The van der Waals surface area contributed by atoms with E-state index in [9.17, 15) is 14.4 Å². The molecule has 7 heteroatoms. The minimum atomic E-state index is -0.602. The molecule has 0 spiro atoms. The Morgan fingerprint density at radius 2 is 1.52 bits per heavy atom. The molecule has 0 bridgehead atoms. The van der Waals surface area contributed by atoms with Gasteiger partial charge in [-0.05, 0) is 23.8 Å². The molecule has 0 aliphatic carbocycles. The van der Waals surface area contributed by atoms with Gasteiger partial charge in [-0.2, -0.15) is 11.8 Å². The first-order chi connectivity index (χ1) is 13.0. The van der Waals surface area contributed by atoms with E-state index in [0.717, 1.165) is 5.75 Å². The second-order valence-corrected chi connectivity index (χ2v) is 6.72. The maximum atomic E-state index is 12.2. The van der Waals surface area contributed by atoms with Crippen LogP contribution < -0.4 is 5.32 Å². The molecule has 0 radical (unpaired) electrons. The van der Waals surface area contributed by atoms with Crippen molar-refractivity contribution in [3.05, 3.63) is 65.2 Å². The third kappa shape index (κ3) is 6.45. The molecule has 142 valence electrons. The number of methoxy groups -OCH3 is 2. The summed E-state index contributed by atoms with van der Waals surface area (Å²) in [5.41, 5.74) is 1.87. The Balaban J connectivity index is 1.95. The van der Waals surface area contributed by atoms with Gasteiger partial charge in [0, 0.05) is 23.6 Å². The number of nitrogens with one attached hydrogen (secondary N) is 1. The Morgan fingerprint density at radius 3 is 2.07 bits per heavy atom. The fraction of sp³-hybridized carbons (Fsp3) is 0.250. The number of hydrogen-bond acceptors (Lipinski definition) is 6. The molecular weight excluding hydrogens is 366 g/mol. The molecule has 1 N–H and O–H groups in total. The second kappa shape index (κ2) is 10.4. The van der Waals surface area contributed by atoms with Crippen LogP contribution in [0, 0.1) is 0 Å². The molecule has 2 rings (SSSR count). The van der Waals surface area contributed by atoms with Crippen LogP contribution >= 0.6 is 11.8 Å². The molecule has 0 fully saturated rings. The molecule has 2 aromatic carbocycles. The number of esters is 2. The summed E-state index contributed by atoms with van der Waals surface area (Å²) in [4.78, 5) is 35.7. The van der Waals surface area contributed by atoms with Crippen molar-refractivity contribution in [1.82, 2.24) is 0 Å². The minimum Gasteiger partial charge on any atom is -0.465 e. The van der Waals surface area contributed by atoms with E-state index in [1.807, 2.05) is 30.3 Å². The normalized spacial score (nSPS) is 10.1. The molecule has 0 aromatic heterocycles. The van der Waals surface area contributed by atoms with Crippen molar-refractivity contribution in [2.24, 2.45) is 0 Å². The molecule has 0 atom stereocenters. The van der Waals surface area contributed by atoms with E-state index in [1.54, 1.807) is 11.8 Å². The highest BCUT2D eigenvalue weighted by Crippen LogP contribution is 2.18. The topological polar surface area (TPSA) is 81.7 Å². The summed E-state index contributed by atoms with van der Waals surface area (Å²) in [6.45, 7) is 0. The maximum absolute atomic E-state index is 12.2. The van der Waals surface area contributed by atoms with E-state index < -0.39 is 11.9 Å². The summed E-state index contributed by atoms with van der Waals surface area (Å²) in [6, 6.07) is 14.3. The lowest BCUT2D eigenvalue weighted by Gasteiger charge is -2.09. The van der Waals surface area contributed by atoms with Gasteiger partial charge in [-0.1, -0.05) is 30.3 Å². The van der Waals surface area contributed by atoms with Crippen LogP contribution in [0.4, 0.5) is 5.69 Å². The Bertz CT molecular complexity index is 773. The number of rotatable bonds is 8. The monoisotopic (exact) mass is 387 g/mol. The van der Waals surface area contributed by atoms with Crippen molar-refractivity contribution in [1.29, 1.82) is 0 Å². The number of benzene rings is 2. The molecule has 0 saturated carbocycles. The summed E-state index contributed by atoms with van der Waals surface area (Å²) >= 11 is 1.66. The van der Waals surface area contributed by atoms with Crippen molar-refractivity contribution < 1.29 is 23.9 Å². The number of anilines is 1. The molecular formula is C20H21NO5S. The lowest BCUT2D eigenvalue weighted by Crippen LogP contribution is -2.14. The zero-order valence-electron chi connectivity index (χ0n) is 15.2. The van der Waals surface area contributed by atoms with Gasteiger partial charge in [-0.15, -0.1) is 0 Å². The van der Waals surface area contributed by atoms with E-state index in [1.165, 1.54) is 38.0 Å². The average Bonchev–Trinajstić information content (AvgIpc) is 2.70. The van der Waals surface area contributed by atoms with Crippen molar-refractivity contribution in [2.45, 2.75) is 12.2 Å². The Morgan fingerprint density at radius 1 is 0.926 bits per heavy atom. The number of thioether (sulfide) groups is 1. The van der Waals surface area contributed by atoms with Crippen LogP contribution in [-0.2, 0) is 20.0 Å². The van der Waals surface area contributed by atoms with Crippen LogP contribution in [0.5, 0.6) is 0 Å². The first kappa shape index (κ1) is 20.5. The number of carbonyl (C=O) groups is 3. The minimum absolute atomic E-state index is 0.161. The first-order valence-corrected chi connectivity index (χ1v) is 9.42. The molecule has 0 unspecified atom stereocenters. The van der Waals surface area contributed by atoms with E-state index in [0.29, 0.717) is 17.9 Å². The van der Waals surface area contributed by atoms with Crippen LogP contribution in [0.25, 0.3) is 0 Å². The van der Waals surface area contributed by atoms with Gasteiger partial charge in [0.2, 0.25) is 5.91 Å². The van der Waals surface area contributed by atoms with Crippen LogP contribution in [0.1, 0.15) is 32.7 Å². The maximum Gasteiger partial charge on any atom is 0.337 e. The van der Waals surface area contributed by atoms with Crippen LogP contribution in [0.2, 0.25) is 0 Å². The number of ether oxygens (including phenoxy) is 2. The highest BCUT2D eigenvalue weighted by molar-refractivity contribution is 7.98. The Labute approximate surface area is 162 Å². The molecule has 27 heavy (non-hydrogen) atoms. The van der Waals surface area contributed by atoms with E-state index in [-0.39, 0.29) is 17.0 Å². The summed E-state index contributed by atoms with van der Waals surface area (Å²) in [7, 11) is 2.49. The van der Waals surface area contributed by atoms with Crippen molar-refractivity contribution >= 4 is 35.3 Å². The smallest absolute Gasteiger partial charge is 0.337 e. The summed E-state index contributed by atoms with van der Waals surface area (Å²) in [5, 5.41) is 2.71. The third-order valence-electron chi connectivity index (χ3n) is 3.64. The first-order valence-electron chi connectivity index (χ1n) is 8.26. The summed E-state index contributed by atoms with van der Waals surface area (Å²) < 4.78 is 9.36. The lowest BCUT2D eigenvalue weighted by molar-refractivity contribution is -0.115. The molecule has 0 aliphatic heterocycles. The van der Waals surface area contributed by atoms with Crippen molar-refractivity contribution in [3.63, 3.8) is 0 Å². The highest BCUT2D eigenvalue weighted by Gasteiger charge is 2.15. The Kier molecular flexibility index (Phi) is 7.88. The van der Waals surface area contributed by atoms with E-state index >= 15 is 0 Å². The molecule has 0 heterocycles. The fourth-order valence-electron chi connectivity index (χ4n) is 2.32. The highest BCUT2D eigenvalue weighted by atomic mass is 32.2. The van der Waals surface area contributed by atoms with E-state index in [4.69, 9.17) is 0 Å². The molecule has 6 nitrogen and oxygen atoms in total. The van der Waals surface area contributed by atoms with Gasteiger partial charge in [0.15, 0.2) is 0 Å². The average molecular weight is 387 g/mol. The summed E-state index contributed by atoms with van der Waals surface area (Å²) in [5.74, 6) is 0.0809. The summed E-state index contributed by atoms with van der Waals surface area (Å²) in [6.07, 6.45) is 0.313. The van der Waals surface area contributed by atoms with Crippen molar-refractivity contribution in [2.75, 3.05) is 25.3 Å². The van der Waals surface area contributed by atoms with Gasteiger partial charge in [0.25, 0.3) is 0 Å². The number of carbonyl (C=O) groups excluding carboxylic acids is 3. The quantitative estimate of drug-likeness (QED) is 0.551. The van der Waals surface area contributed by atoms with Gasteiger partial charge in [-0.3, -0.25) is 4.79 Å². The zero-order chi connectivity index (χ0) is 19.6. The van der Waals surface area contributed by atoms with E-state index in [2.05, 4.69) is 14.8 Å². The fourth-order valence-corrected chi connectivity index (χ4v) is 3.23. The van der Waals surface area contributed by atoms with Crippen LogP contribution in [0.15, 0.2) is 48.5 Å². The third-order valence-corrected chi connectivity index (χ3v) is 4.67. The zero-order valence-corrected chi connectivity index (χ0v) is 16.0. The number of amides is 1. The molecule has 1 amide bonds. The van der Waals surface area contributed by atoms with Gasteiger partial charge in [0.05, 0.1) is 25.3 Å². The lowest BCUT2D eigenvalue weighted by atomic mass is 10.1. The van der Waals surface area contributed by atoms with Crippen LogP contribution in [0.3, 0.4) is 0 Å². The molecule has 0 aliphatic rings. The SMILES string of the molecule is COC(=O)c1cc(NC(=O)CCSCc2ccccc2)cc(C(=O)OC)c1. The standard InChI is InChI=1S/C20H21NO5S/c1-25-19(23)15-10-16(20(24)26-2)12-17(11-15)21-18(22)8-9-27-13-14-6-4-3-5-7-14/h3-7,10-12H,8-9,13H2,1-2H3,(H,21,22). The predicted molar refractivity (Wildman–Crippen MR) is 105 cm³/mol. The van der Waals surface area contributed by atoms with Crippen molar-refractivity contribution in [3.8, 4) is 0 Å². The van der Waals surface area contributed by atoms with Crippen LogP contribution in [-0.4, -0.2) is 37.8 Å². The van der Waals surface area contributed by atoms with Gasteiger partial charge in [0.1, 0.15) is 0 Å². The van der Waals surface area contributed by atoms with Gasteiger partial charge >= 0.3 is 11.9 Å². The number of hydrogen-bond donors (Lipinski definition) is 1. The Hall–Kier alpha value is -2.80. The van der Waals surface area contributed by atoms with Gasteiger partial charge < -0.3 is 14.8 Å². The molecule has 2 aromatic rings. The molecule has 0 saturated heterocycles. The second-order valence-electron chi connectivity index (χ2n) is 5.62. The predicted octanol–water partition coefficient (Wildman–Crippen LogP) is 3.52. The largest absolute Gasteiger partial charge is 0.465 e.